The van der Waals surface area contributed by atoms with Crippen molar-refractivity contribution in [3.05, 3.63) is 93.4 Å². The van der Waals surface area contributed by atoms with Crippen LogP contribution in [0.2, 0.25) is 0 Å². The van der Waals surface area contributed by atoms with E-state index in [-0.39, 0.29) is 71.7 Å². The molecule has 2 aliphatic heterocycles. The Kier molecular flexibility index (Phi) is 6.55. The van der Waals surface area contributed by atoms with Gasteiger partial charge in [-0.15, -0.1) is 0 Å². The summed E-state index contributed by atoms with van der Waals surface area (Å²) in [6.45, 7) is 0.528. The molecule has 1 aromatic heterocycles. The van der Waals surface area contributed by atoms with Crippen molar-refractivity contribution in [1.82, 2.24) is 15.5 Å². The van der Waals surface area contributed by atoms with Gasteiger partial charge >= 0.3 is 0 Å². The van der Waals surface area contributed by atoms with Gasteiger partial charge in [0.1, 0.15) is 6.04 Å². The van der Waals surface area contributed by atoms with Crippen molar-refractivity contribution in [2.75, 3.05) is 6.54 Å². The molecule has 1 unspecified atom stereocenters. The summed E-state index contributed by atoms with van der Waals surface area (Å²) in [7, 11) is 0. The maximum absolute atomic E-state index is 13.0. The number of unbranched alkanes of at least 4 members (excludes halogenated alkanes) is 1. The first kappa shape index (κ1) is 26.0. The molecule has 3 heterocycles. The normalized spacial score (nSPS) is 17.3. The molecule has 1 fully saturated rings. The molecule has 10 heteroatoms. The summed E-state index contributed by atoms with van der Waals surface area (Å²) >= 11 is 0. The molecule has 204 valence electrons. The van der Waals surface area contributed by atoms with Crippen molar-refractivity contribution in [3.63, 3.8) is 0 Å². The van der Waals surface area contributed by atoms with Crippen LogP contribution in [-0.2, 0) is 16.1 Å². The van der Waals surface area contributed by atoms with Gasteiger partial charge in [-0.1, -0.05) is 42.2 Å². The molecule has 3 aromatic rings. The van der Waals surface area contributed by atoms with Gasteiger partial charge in [-0.05, 0) is 30.5 Å². The van der Waals surface area contributed by atoms with Crippen molar-refractivity contribution in [1.29, 1.82) is 0 Å². The molecule has 2 aromatic carbocycles. The number of nitrogens with one attached hydrogen (secondary N) is 2. The van der Waals surface area contributed by atoms with Crippen LogP contribution >= 0.6 is 0 Å². The summed E-state index contributed by atoms with van der Waals surface area (Å²) in [6.07, 6.45) is 1.46. The number of carbonyl (C=O) groups excluding carboxylic acids is 6. The number of hydrogen-bond acceptors (Lipinski definition) is 7. The van der Waals surface area contributed by atoms with Crippen LogP contribution in [0, 0.1) is 11.8 Å². The molecule has 1 atom stereocenters. The highest BCUT2D eigenvalue weighted by molar-refractivity contribution is 6.27. The monoisotopic (exact) mass is 549 g/mol. The Labute approximate surface area is 234 Å². The van der Waals surface area contributed by atoms with Gasteiger partial charge in [-0.2, -0.15) is 0 Å². The van der Waals surface area contributed by atoms with Crippen LogP contribution in [0.25, 0.3) is 0 Å². The maximum atomic E-state index is 13.0. The van der Waals surface area contributed by atoms with Crippen molar-refractivity contribution in [2.45, 2.75) is 38.3 Å². The third kappa shape index (κ3) is 4.61. The number of carbonyl (C=O) groups is 6. The van der Waals surface area contributed by atoms with Crippen LogP contribution < -0.4 is 10.6 Å². The van der Waals surface area contributed by atoms with Gasteiger partial charge < -0.3 is 14.6 Å². The van der Waals surface area contributed by atoms with E-state index < -0.39 is 23.6 Å². The lowest BCUT2D eigenvalue weighted by Gasteiger charge is -2.29. The molecule has 4 amide bonds. The molecule has 10 nitrogen and oxygen atoms in total. The fraction of sp³-hybridized carbons (Fsp3) is 0.226. The Bertz CT molecular complexity index is 1690. The Morgan fingerprint density at radius 1 is 0.976 bits per heavy atom. The lowest BCUT2D eigenvalue weighted by atomic mass is 9.89. The van der Waals surface area contributed by atoms with E-state index in [1.165, 1.54) is 11.0 Å². The number of benzene rings is 2. The molecule has 41 heavy (non-hydrogen) atoms. The van der Waals surface area contributed by atoms with Crippen LogP contribution in [0.4, 0.5) is 0 Å². The average molecular weight is 550 g/mol. The number of fused-ring (bicyclic) bond motifs is 3. The summed E-state index contributed by atoms with van der Waals surface area (Å²) < 4.78 is 5.48. The lowest BCUT2D eigenvalue weighted by molar-refractivity contribution is -0.136. The van der Waals surface area contributed by atoms with Crippen LogP contribution in [-0.4, -0.2) is 52.7 Å². The van der Waals surface area contributed by atoms with E-state index in [1.54, 1.807) is 36.4 Å². The average Bonchev–Trinajstić information content (AvgIpc) is 3.57. The van der Waals surface area contributed by atoms with E-state index in [0.29, 0.717) is 24.0 Å². The molecule has 0 radical (unpaired) electrons. The van der Waals surface area contributed by atoms with Gasteiger partial charge in [0.25, 0.3) is 11.8 Å². The molecular formula is C31H23N3O7. The number of imide groups is 1. The molecule has 6 rings (SSSR count). The standard InChI is InChI=1S/C31H23N3O7/c35-25-13-12-23(29(38)33-25)34-16-22-17(8-6-11-20(22)31(34)40)7-2-1-5-14-32-30(39)24-15-21-26(36)18-9-3-4-10-19(18)27(37)28(21)41-24/h3-4,6,8-11,15,23H,1,5,12-14,16H2,(H,32,39)(H,33,35,38). The highest BCUT2D eigenvalue weighted by Crippen LogP contribution is 2.31. The van der Waals surface area contributed by atoms with Crippen LogP contribution in [0.5, 0.6) is 0 Å². The van der Waals surface area contributed by atoms with Gasteiger partial charge in [0.15, 0.2) is 17.3 Å². The fourth-order valence-corrected chi connectivity index (χ4v) is 5.31. The highest BCUT2D eigenvalue weighted by Gasteiger charge is 2.39. The SMILES string of the molecule is O=C1CCC(N2Cc3c(C#CCCCNC(=O)c4cc5c(o4)C(=O)c4ccccc4C5=O)cccc3C2=O)C(=O)N1. The number of amides is 4. The molecule has 2 N–H and O–H groups in total. The molecular weight excluding hydrogens is 526 g/mol. The zero-order chi connectivity index (χ0) is 28.7. The second-order valence-electron chi connectivity index (χ2n) is 9.95. The molecule has 1 aliphatic carbocycles. The van der Waals surface area contributed by atoms with E-state index in [0.717, 1.165) is 5.56 Å². The largest absolute Gasteiger partial charge is 0.447 e. The van der Waals surface area contributed by atoms with E-state index in [2.05, 4.69) is 22.5 Å². The van der Waals surface area contributed by atoms with Gasteiger partial charge in [0, 0.05) is 54.3 Å². The van der Waals surface area contributed by atoms with Crippen LogP contribution in [0.15, 0.2) is 52.9 Å². The first-order chi connectivity index (χ1) is 19.8. The van der Waals surface area contributed by atoms with Gasteiger partial charge in [0.05, 0.1) is 5.56 Å². The van der Waals surface area contributed by atoms with E-state index >= 15 is 0 Å². The molecule has 3 aliphatic rings. The summed E-state index contributed by atoms with van der Waals surface area (Å²) in [5.74, 6) is 3.53. The fourth-order valence-electron chi connectivity index (χ4n) is 5.31. The third-order valence-corrected chi connectivity index (χ3v) is 7.39. The van der Waals surface area contributed by atoms with E-state index in [4.69, 9.17) is 4.42 Å². The predicted octanol–water partition coefficient (Wildman–Crippen LogP) is 2.38. The Morgan fingerprint density at radius 2 is 1.73 bits per heavy atom. The Hall–Kier alpha value is -5.30. The maximum Gasteiger partial charge on any atom is 0.287 e. The number of ketones is 2. The zero-order valence-corrected chi connectivity index (χ0v) is 21.7. The molecule has 0 bridgehead atoms. The Morgan fingerprint density at radius 3 is 2.51 bits per heavy atom. The third-order valence-electron chi connectivity index (χ3n) is 7.39. The van der Waals surface area contributed by atoms with Crippen molar-refractivity contribution < 1.29 is 33.2 Å². The summed E-state index contributed by atoms with van der Waals surface area (Å²) in [5.41, 5.74) is 2.54. The van der Waals surface area contributed by atoms with Crippen molar-refractivity contribution in [3.8, 4) is 11.8 Å². The first-order valence-electron chi connectivity index (χ1n) is 13.2. The minimum Gasteiger partial charge on any atom is -0.447 e. The predicted molar refractivity (Wildman–Crippen MR) is 143 cm³/mol. The summed E-state index contributed by atoms with van der Waals surface area (Å²) in [6, 6.07) is 12.3. The molecule has 0 saturated carbocycles. The Balaban J connectivity index is 1.05. The second kappa shape index (κ2) is 10.4. The summed E-state index contributed by atoms with van der Waals surface area (Å²) in [5, 5.41) is 5.01. The first-order valence-corrected chi connectivity index (χ1v) is 13.2. The van der Waals surface area contributed by atoms with Crippen molar-refractivity contribution >= 4 is 35.2 Å². The molecule has 1 saturated heterocycles. The van der Waals surface area contributed by atoms with Gasteiger partial charge in [-0.25, -0.2) is 0 Å². The smallest absolute Gasteiger partial charge is 0.287 e. The summed E-state index contributed by atoms with van der Waals surface area (Å²) in [4.78, 5) is 76.3. The highest BCUT2D eigenvalue weighted by atomic mass is 16.4. The second-order valence-corrected chi connectivity index (χ2v) is 9.95. The quantitative estimate of drug-likeness (QED) is 0.221. The zero-order valence-electron chi connectivity index (χ0n) is 21.7. The van der Waals surface area contributed by atoms with E-state index in [9.17, 15) is 28.8 Å². The number of piperidine rings is 1. The van der Waals surface area contributed by atoms with Crippen molar-refractivity contribution in [2.24, 2.45) is 0 Å². The van der Waals surface area contributed by atoms with Crippen LogP contribution in [0.3, 0.4) is 0 Å². The number of furan rings is 1. The van der Waals surface area contributed by atoms with Gasteiger partial charge in [-0.3, -0.25) is 34.1 Å². The van der Waals surface area contributed by atoms with Crippen LogP contribution in [0.1, 0.15) is 89.8 Å². The number of hydrogen-bond donors (Lipinski definition) is 2. The van der Waals surface area contributed by atoms with E-state index in [1.807, 2.05) is 6.07 Å². The minimum atomic E-state index is -0.691. The minimum absolute atomic E-state index is 0.0785. The van der Waals surface area contributed by atoms with Gasteiger partial charge in [0.2, 0.25) is 17.6 Å². The number of rotatable bonds is 5. The topological polar surface area (TPSA) is 143 Å². The number of nitrogens with zero attached hydrogens (tertiary/aromatic N) is 1. The lowest BCUT2D eigenvalue weighted by Crippen LogP contribution is -2.52. The molecule has 0 spiro atoms.